The molecule has 1 aromatic carbocycles. The number of pyridine rings is 1. The van der Waals surface area contributed by atoms with Gasteiger partial charge in [-0.15, -0.1) is 6.58 Å². The Kier molecular flexibility index (Phi) is 5.44. The third kappa shape index (κ3) is 3.83. The fraction of sp³-hybridized carbons (Fsp3) is 0.240. The molecule has 0 spiro atoms. The number of hydrogen-bond donors (Lipinski definition) is 2. The molecule has 36 heavy (non-hydrogen) atoms. The van der Waals surface area contributed by atoms with Gasteiger partial charge in [-0.1, -0.05) is 12.1 Å². The molecule has 0 aliphatic heterocycles. The molecule has 0 unspecified atom stereocenters. The highest BCUT2D eigenvalue weighted by molar-refractivity contribution is 5.82. The summed E-state index contributed by atoms with van der Waals surface area (Å²) in [5.74, 6) is 0.780. The third-order valence-electron chi connectivity index (χ3n) is 5.98. The number of aliphatic hydroxyl groups is 1. The molecular weight excluding hydrogens is 463 g/mol. The molecule has 5 aromatic rings. The summed E-state index contributed by atoms with van der Waals surface area (Å²) >= 11 is 0. The van der Waals surface area contributed by atoms with E-state index in [1.807, 2.05) is 7.05 Å². The first kappa shape index (κ1) is 23.4. The largest absolute Gasteiger partial charge is 0.384 e. The summed E-state index contributed by atoms with van der Waals surface area (Å²) in [6.07, 6.45) is 3.02. The van der Waals surface area contributed by atoms with Crippen molar-refractivity contribution in [2.45, 2.75) is 32.9 Å². The van der Waals surface area contributed by atoms with E-state index in [4.69, 9.17) is 0 Å². The maximum absolute atomic E-state index is 14.7. The molecule has 4 aromatic heterocycles. The van der Waals surface area contributed by atoms with Crippen LogP contribution < -0.4 is 10.9 Å². The second-order valence-corrected chi connectivity index (χ2v) is 9.03. The number of rotatable bonds is 6. The van der Waals surface area contributed by atoms with Crippen LogP contribution in [-0.4, -0.2) is 39.0 Å². The Bertz CT molecular complexity index is 1710. The average Bonchev–Trinajstić information content (AvgIpc) is 3.27. The molecule has 0 saturated heterocycles. The lowest BCUT2D eigenvalue weighted by molar-refractivity contribution is 0.0738. The van der Waals surface area contributed by atoms with Crippen LogP contribution in [0.15, 0.2) is 54.0 Å². The second kappa shape index (κ2) is 8.38. The van der Waals surface area contributed by atoms with E-state index in [0.29, 0.717) is 34.2 Å². The van der Waals surface area contributed by atoms with Gasteiger partial charge in [0.2, 0.25) is 5.95 Å². The summed E-state index contributed by atoms with van der Waals surface area (Å²) < 4.78 is 19.5. The minimum Gasteiger partial charge on any atom is -0.384 e. The molecule has 0 saturated carbocycles. The zero-order valence-corrected chi connectivity index (χ0v) is 20.3. The first-order valence-electron chi connectivity index (χ1n) is 11.3. The Hall–Kier alpha value is -4.38. The van der Waals surface area contributed by atoms with Gasteiger partial charge in [0.15, 0.2) is 17.3 Å². The van der Waals surface area contributed by atoms with Crippen LogP contribution in [0.1, 0.15) is 25.4 Å². The van der Waals surface area contributed by atoms with E-state index >= 15 is 0 Å². The Balaban J connectivity index is 1.66. The van der Waals surface area contributed by atoms with Crippen molar-refractivity contribution in [2.24, 2.45) is 7.05 Å². The van der Waals surface area contributed by atoms with Gasteiger partial charge in [-0.05, 0) is 45.0 Å². The number of halogens is 1. The molecule has 0 aliphatic rings. The zero-order chi connectivity index (χ0) is 25.8. The van der Waals surface area contributed by atoms with Crippen LogP contribution in [0, 0.1) is 12.7 Å². The number of allylic oxidation sites excluding steroid dienone is 1. The van der Waals surface area contributed by atoms with Crippen LogP contribution in [0.4, 0.5) is 16.0 Å². The average molecular weight is 489 g/mol. The highest BCUT2D eigenvalue weighted by Gasteiger charge is 2.22. The molecule has 184 valence electrons. The molecule has 11 heteroatoms. The van der Waals surface area contributed by atoms with Crippen molar-refractivity contribution in [1.29, 1.82) is 0 Å². The van der Waals surface area contributed by atoms with Crippen LogP contribution in [0.25, 0.3) is 27.9 Å². The van der Waals surface area contributed by atoms with Gasteiger partial charge in [-0.25, -0.2) is 28.7 Å². The Morgan fingerprint density at radius 3 is 2.72 bits per heavy atom. The minimum atomic E-state index is -1.18. The number of imidazole rings is 1. The van der Waals surface area contributed by atoms with Crippen LogP contribution in [0.2, 0.25) is 0 Å². The molecule has 4 heterocycles. The van der Waals surface area contributed by atoms with E-state index in [0.717, 1.165) is 0 Å². The van der Waals surface area contributed by atoms with E-state index in [2.05, 4.69) is 31.8 Å². The van der Waals surface area contributed by atoms with E-state index in [-0.39, 0.29) is 29.0 Å². The van der Waals surface area contributed by atoms with Crippen molar-refractivity contribution >= 4 is 33.7 Å². The molecule has 0 radical (unpaired) electrons. The maximum atomic E-state index is 14.7. The lowest BCUT2D eigenvalue weighted by atomic mass is 10.1. The minimum absolute atomic E-state index is 0.170. The third-order valence-corrected chi connectivity index (χ3v) is 5.98. The lowest BCUT2D eigenvalue weighted by Crippen LogP contribution is -2.23. The summed E-state index contributed by atoms with van der Waals surface area (Å²) in [5.41, 5.74) is 0.577. The molecule has 0 aliphatic carbocycles. The molecule has 0 fully saturated rings. The fourth-order valence-corrected chi connectivity index (χ4v) is 4.05. The van der Waals surface area contributed by atoms with Gasteiger partial charge in [-0.3, -0.25) is 4.79 Å². The first-order chi connectivity index (χ1) is 17.1. The lowest BCUT2D eigenvalue weighted by Gasteiger charge is -2.18. The fourth-order valence-electron chi connectivity index (χ4n) is 4.05. The highest BCUT2D eigenvalue weighted by Crippen LogP contribution is 2.26. The van der Waals surface area contributed by atoms with E-state index in [1.165, 1.54) is 16.9 Å². The molecule has 10 nitrogen and oxygen atoms in total. The number of aryl methyl sites for hydroxylation is 2. The summed E-state index contributed by atoms with van der Waals surface area (Å²) in [5, 5.41) is 13.8. The van der Waals surface area contributed by atoms with E-state index in [1.54, 1.807) is 60.4 Å². The predicted molar refractivity (Wildman–Crippen MR) is 135 cm³/mol. The SMILES string of the molecule is C=CCn1c(=O)c2cnc(Nc3cc(F)c4nc(C)n(C)c4c3)nc2n1-c1cccc(C(C)(C)O)n1. The van der Waals surface area contributed by atoms with Gasteiger partial charge < -0.3 is 15.0 Å². The summed E-state index contributed by atoms with van der Waals surface area (Å²) in [6.45, 7) is 9.02. The van der Waals surface area contributed by atoms with Crippen molar-refractivity contribution in [3.8, 4) is 5.82 Å². The van der Waals surface area contributed by atoms with Crippen LogP contribution >= 0.6 is 0 Å². The molecule has 5 rings (SSSR count). The summed E-state index contributed by atoms with van der Waals surface area (Å²) in [4.78, 5) is 30.8. The molecule has 2 N–H and O–H groups in total. The van der Waals surface area contributed by atoms with Crippen LogP contribution in [-0.2, 0) is 19.2 Å². The molecular formula is C25H25FN8O2. The van der Waals surface area contributed by atoms with Crippen molar-refractivity contribution in [2.75, 3.05) is 5.32 Å². The predicted octanol–water partition coefficient (Wildman–Crippen LogP) is 3.47. The van der Waals surface area contributed by atoms with Gasteiger partial charge in [0, 0.05) is 18.9 Å². The molecule has 0 atom stereocenters. The Morgan fingerprint density at radius 1 is 1.22 bits per heavy atom. The standard InChI is InChI=1S/C25H25FN8O2/c1-6-10-33-23(35)16-13-27-24(29-15-11-17(26)21-18(12-15)32(5)14(2)28-21)31-22(16)34(33)20-9-7-8-19(30-20)25(3,4)36/h6-9,11-13,36H,1,10H2,2-5H3,(H,27,29,31). The molecule has 0 bridgehead atoms. The maximum Gasteiger partial charge on any atom is 0.278 e. The van der Waals surface area contributed by atoms with Gasteiger partial charge in [0.1, 0.15) is 22.3 Å². The van der Waals surface area contributed by atoms with Crippen molar-refractivity contribution in [3.63, 3.8) is 0 Å². The number of anilines is 2. The van der Waals surface area contributed by atoms with Crippen LogP contribution in [0.3, 0.4) is 0 Å². The van der Waals surface area contributed by atoms with Gasteiger partial charge in [0.05, 0.1) is 17.8 Å². The number of fused-ring (bicyclic) bond motifs is 2. The van der Waals surface area contributed by atoms with Gasteiger partial charge in [0.25, 0.3) is 5.56 Å². The van der Waals surface area contributed by atoms with Gasteiger partial charge in [-0.2, -0.15) is 4.98 Å². The van der Waals surface area contributed by atoms with E-state index in [9.17, 15) is 14.3 Å². The number of aromatic nitrogens is 7. The van der Waals surface area contributed by atoms with Gasteiger partial charge >= 0.3 is 0 Å². The van der Waals surface area contributed by atoms with Crippen LogP contribution in [0.5, 0.6) is 0 Å². The number of hydrogen-bond acceptors (Lipinski definition) is 7. The molecule has 0 amide bonds. The number of nitrogens with zero attached hydrogens (tertiary/aromatic N) is 7. The first-order valence-corrected chi connectivity index (χ1v) is 11.3. The quantitative estimate of drug-likeness (QED) is 0.352. The van der Waals surface area contributed by atoms with Crippen molar-refractivity contribution < 1.29 is 9.50 Å². The van der Waals surface area contributed by atoms with Crippen molar-refractivity contribution in [1.82, 2.24) is 33.9 Å². The summed E-state index contributed by atoms with van der Waals surface area (Å²) in [6, 6.07) is 8.26. The zero-order valence-electron chi connectivity index (χ0n) is 20.3. The van der Waals surface area contributed by atoms with E-state index < -0.39 is 11.4 Å². The summed E-state index contributed by atoms with van der Waals surface area (Å²) in [7, 11) is 1.81. The second-order valence-electron chi connectivity index (χ2n) is 9.03. The normalized spacial score (nSPS) is 11.9. The number of benzene rings is 1. The Labute approximate surface area is 205 Å². The highest BCUT2D eigenvalue weighted by atomic mass is 19.1. The monoisotopic (exact) mass is 488 g/mol. The Morgan fingerprint density at radius 2 is 2.00 bits per heavy atom. The number of nitrogens with one attached hydrogen (secondary N) is 1. The smallest absolute Gasteiger partial charge is 0.278 e. The van der Waals surface area contributed by atoms with Crippen molar-refractivity contribution in [3.05, 3.63) is 76.9 Å². The topological polar surface area (TPSA) is 116 Å².